The van der Waals surface area contributed by atoms with E-state index >= 15 is 0 Å². The second-order valence-corrected chi connectivity index (χ2v) is 4.94. The molecule has 1 aromatic rings. The molecule has 0 fully saturated rings. The van der Waals surface area contributed by atoms with Gasteiger partial charge in [-0.25, -0.2) is 4.99 Å². The van der Waals surface area contributed by atoms with Gasteiger partial charge in [0.2, 0.25) is 5.89 Å². The standard InChI is InChI=1S/C15H29N5O3.HI/c1-4-6-8-21-10-11-22-9-7-17-15(16-5-2)18-12-14-19-13(3)20-23-14;/h4-12H2,1-3H3,(H2,16,17,18);1H. The van der Waals surface area contributed by atoms with Crippen molar-refractivity contribution in [2.45, 2.75) is 40.2 Å². The molecule has 0 unspecified atom stereocenters. The Hall–Kier alpha value is -0.940. The molecular formula is C15H30IN5O3. The van der Waals surface area contributed by atoms with Gasteiger partial charge in [0.15, 0.2) is 11.8 Å². The van der Waals surface area contributed by atoms with Gasteiger partial charge in [0.05, 0.1) is 19.8 Å². The molecular weight excluding hydrogens is 425 g/mol. The first kappa shape index (κ1) is 23.1. The number of guanidine groups is 1. The molecule has 1 aromatic heterocycles. The molecule has 0 aromatic carbocycles. The third-order valence-electron chi connectivity index (χ3n) is 2.84. The van der Waals surface area contributed by atoms with Crippen LogP contribution in [-0.2, 0) is 16.0 Å². The molecule has 0 amide bonds. The van der Waals surface area contributed by atoms with Crippen LogP contribution in [0.4, 0.5) is 0 Å². The van der Waals surface area contributed by atoms with Gasteiger partial charge in [0.25, 0.3) is 0 Å². The fourth-order valence-electron chi connectivity index (χ4n) is 1.70. The number of aliphatic imine (C=N–C) groups is 1. The fourth-order valence-corrected chi connectivity index (χ4v) is 1.70. The Bertz CT molecular complexity index is 442. The second-order valence-electron chi connectivity index (χ2n) is 4.94. The third-order valence-corrected chi connectivity index (χ3v) is 2.84. The minimum absolute atomic E-state index is 0. The lowest BCUT2D eigenvalue weighted by Gasteiger charge is -2.11. The molecule has 24 heavy (non-hydrogen) atoms. The number of hydrogen-bond donors (Lipinski definition) is 2. The number of ether oxygens (including phenoxy) is 2. The van der Waals surface area contributed by atoms with Crippen LogP contribution in [0.25, 0.3) is 0 Å². The maximum atomic E-state index is 5.50. The van der Waals surface area contributed by atoms with E-state index in [1.165, 1.54) is 0 Å². The highest BCUT2D eigenvalue weighted by molar-refractivity contribution is 14.0. The zero-order valence-electron chi connectivity index (χ0n) is 14.8. The third kappa shape index (κ3) is 11.6. The molecule has 8 nitrogen and oxygen atoms in total. The molecule has 0 radical (unpaired) electrons. The lowest BCUT2D eigenvalue weighted by Crippen LogP contribution is -2.39. The van der Waals surface area contributed by atoms with Crippen LogP contribution in [0.1, 0.15) is 38.4 Å². The van der Waals surface area contributed by atoms with Crippen molar-refractivity contribution in [3.63, 3.8) is 0 Å². The Balaban J connectivity index is 0.00000529. The van der Waals surface area contributed by atoms with Gasteiger partial charge in [-0.15, -0.1) is 24.0 Å². The number of aromatic nitrogens is 2. The van der Waals surface area contributed by atoms with Gasteiger partial charge in [0, 0.05) is 19.7 Å². The molecule has 0 aliphatic heterocycles. The van der Waals surface area contributed by atoms with Gasteiger partial charge >= 0.3 is 0 Å². The Morgan fingerprint density at radius 3 is 2.50 bits per heavy atom. The smallest absolute Gasteiger partial charge is 0.248 e. The van der Waals surface area contributed by atoms with Crippen LogP contribution >= 0.6 is 24.0 Å². The molecule has 0 saturated carbocycles. The van der Waals surface area contributed by atoms with Crippen LogP contribution in [0.3, 0.4) is 0 Å². The summed E-state index contributed by atoms with van der Waals surface area (Å²) in [6, 6.07) is 0. The monoisotopic (exact) mass is 455 g/mol. The maximum Gasteiger partial charge on any atom is 0.248 e. The number of rotatable bonds is 12. The van der Waals surface area contributed by atoms with Crippen LogP contribution in [0.2, 0.25) is 0 Å². The highest BCUT2D eigenvalue weighted by Gasteiger charge is 2.02. The fraction of sp³-hybridized carbons (Fsp3) is 0.800. The van der Waals surface area contributed by atoms with Crippen LogP contribution in [0.15, 0.2) is 9.52 Å². The van der Waals surface area contributed by atoms with Gasteiger partial charge < -0.3 is 24.6 Å². The summed E-state index contributed by atoms with van der Waals surface area (Å²) in [6.07, 6.45) is 2.25. The Labute approximate surface area is 161 Å². The van der Waals surface area contributed by atoms with E-state index in [4.69, 9.17) is 14.0 Å². The zero-order valence-corrected chi connectivity index (χ0v) is 17.2. The van der Waals surface area contributed by atoms with Crippen molar-refractivity contribution in [2.75, 3.05) is 39.5 Å². The van der Waals surface area contributed by atoms with Crippen LogP contribution in [-0.4, -0.2) is 55.6 Å². The Morgan fingerprint density at radius 1 is 1.12 bits per heavy atom. The van der Waals surface area contributed by atoms with E-state index < -0.39 is 0 Å². The van der Waals surface area contributed by atoms with Crippen LogP contribution < -0.4 is 10.6 Å². The molecule has 1 heterocycles. The van der Waals surface area contributed by atoms with E-state index in [-0.39, 0.29) is 24.0 Å². The van der Waals surface area contributed by atoms with E-state index in [0.29, 0.717) is 50.6 Å². The number of nitrogens with one attached hydrogen (secondary N) is 2. The maximum absolute atomic E-state index is 5.50. The molecule has 0 bridgehead atoms. The minimum atomic E-state index is 0. The summed E-state index contributed by atoms with van der Waals surface area (Å²) in [6.45, 7) is 10.4. The molecule has 0 aliphatic rings. The largest absolute Gasteiger partial charge is 0.379 e. The normalized spacial score (nSPS) is 11.2. The summed E-state index contributed by atoms with van der Waals surface area (Å²) >= 11 is 0. The van der Waals surface area contributed by atoms with Crippen molar-refractivity contribution < 1.29 is 14.0 Å². The van der Waals surface area contributed by atoms with Crippen LogP contribution in [0, 0.1) is 6.92 Å². The summed E-state index contributed by atoms with van der Waals surface area (Å²) in [4.78, 5) is 8.50. The van der Waals surface area contributed by atoms with Crippen molar-refractivity contribution in [2.24, 2.45) is 4.99 Å². The predicted molar refractivity (Wildman–Crippen MR) is 104 cm³/mol. The first-order valence-corrected chi connectivity index (χ1v) is 8.23. The van der Waals surface area contributed by atoms with Gasteiger partial charge in [-0.2, -0.15) is 4.98 Å². The SMILES string of the molecule is CCCCOCCOCCNC(=NCc1nc(C)no1)NCC.I. The number of nitrogens with zero attached hydrogens (tertiary/aromatic N) is 3. The Morgan fingerprint density at radius 2 is 1.88 bits per heavy atom. The average Bonchev–Trinajstić information content (AvgIpc) is 2.96. The molecule has 140 valence electrons. The summed E-state index contributed by atoms with van der Waals surface area (Å²) in [5.74, 6) is 1.81. The van der Waals surface area contributed by atoms with Gasteiger partial charge in [-0.05, 0) is 20.3 Å². The highest BCUT2D eigenvalue weighted by atomic mass is 127. The van der Waals surface area contributed by atoms with Gasteiger partial charge in [-0.3, -0.25) is 0 Å². The minimum Gasteiger partial charge on any atom is -0.379 e. The van der Waals surface area contributed by atoms with Gasteiger partial charge in [-0.1, -0.05) is 18.5 Å². The topological polar surface area (TPSA) is 93.8 Å². The van der Waals surface area contributed by atoms with Crippen molar-refractivity contribution in [1.82, 2.24) is 20.8 Å². The molecule has 2 N–H and O–H groups in total. The molecule has 0 spiro atoms. The molecule has 0 saturated heterocycles. The summed E-state index contributed by atoms with van der Waals surface area (Å²) < 4.78 is 16.0. The van der Waals surface area contributed by atoms with Crippen molar-refractivity contribution in [3.05, 3.63) is 11.7 Å². The average molecular weight is 455 g/mol. The predicted octanol–water partition coefficient (Wildman–Crippen LogP) is 1.88. The molecule has 9 heteroatoms. The van der Waals surface area contributed by atoms with Crippen LogP contribution in [0.5, 0.6) is 0 Å². The summed E-state index contributed by atoms with van der Waals surface area (Å²) in [5, 5.41) is 10.1. The van der Waals surface area contributed by atoms with E-state index in [1.54, 1.807) is 6.92 Å². The van der Waals surface area contributed by atoms with Crippen molar-refractivity contribution >= 4 is 29.9 Å². The lowest BCUT2D eigenvalue weighted by atomic mass is 10.4. The van der Waals surface area contributed by atoms with E-state index in [2.05, 4.69) is 32.7 Å². The summed E-state index contributed by atoms with van der Waals surface area (Å²) in [5.41, 5.74) is 0. The van der Waals surface area contributed by atoms with E-state index in [0.717, 1.165) is 26.0 Å². The first-order chi connectivity index (χ1) is 11.3. The number of aryl methyl sites for hydroxylation is 1. The first-order valence-electron chi connectivity index (χ1n) is 8.23. The molecule has 0 atom stereocenters. The Kier molecular flexibility index (Phi) is 15.0. The van der Waals surface area contributed by atoms with Crippen molar-refractivity contribution in [1.29, 1.82) is 0 Å². The quantitative estimate of drug-likeness (QED) is 0.215. The number of unbranched alkanes of at least 4 members (excludes halogenated alkanes) is 1. The molecule has 1 rings (SSSR count). The molecule has 0 aliphatic carbocycles. The number of halogens is 1. The lowest BCUT2D eigenvalue weighted by molar-refractivity contribution is 0.0487. The van der Waals surface area contributed by atoms with Crippen molar-refractivity contribution in [3.8, 4) is 0 Å². The zero-order chi connectivity index (χ0) is 16.8. The number of hydrogen-bond acceptors (Lipinski definition) is 6. The summed E-state index contributed by atoms with van der Waals surface area (Å²) in [7, 11) is 0. The van der Waals surface area contributed by atoms with E-state index in [1.807, 2.05) is 6.92 Å². The van der Waals surface area contributed by atoms with E-state index in [9.17, 15) is 0 Å². The van der Waals surface area contributed by atoms with Gasteiger partial charge in [0.1, 0.15) is 6.54 Å². The second kappa shape index (κ2) is 15.6. The highest BCUT2D eigenvalue weighted by Crippen LogP contribution is 1.97.